The monoisotopic (exact) mass is 278 g/mol. The average Bonchev–Trinajstić information content (AvgIpc) is 2.47. The van der Waals surface area contributed by atoms with Crippen LogP contribution in [0.15, 0.2) is 24.3 Å². The van der Waals surface area contributed by atoms with Crippen molar-refractivity contribution in [1.82, 2.24) is 0 Å². The first kappa shape index (κ1) is 16.9. The van der Waals surface area contributed by atoms with Crippen LogP contribution in [0.3, 0.4) is 0 Å². The van der Waals surface area contributed by atoms with Gasteiger partial charge in [0.2, 0.25) is 0 Å². The van der Waals surface area contributed by atoms with Crippen LogP contribution in [-0.4, -0.2) is 28.7 Å². The van der Waals surface area contributed by atoms with Gasteiger partial charge in [-0.25, -0.2) is 0 Å². The molecule has 2 N–H and O–H groups in total. The topological polar surface area (TPSA) is 57.5 Å². The highest BCUT2D eigenvalue weighted by molar-refractivity contribution is 5.74. The minimum Gasteiger partial charge on any atom is -0.390 e. The highest BCUT2D eigenvalue weighted by Gasteiger charge is 2.16. The molecule has 0 bridgehead atoms. The van der Waals surface area contributed by atoms with Crippen molar-refractivity contribution in [2.75, 3.05) is 0 Å². The fourth-order valence-electron chi connectivity index (χ4n) is 2.26. The Bertz CT molecular complexity index is 372. The second-order valence-electron chi connectivity index (χ2n) is 5.40. The Hall–Kier alpha value is -1.19. The molecule has 0 aliphatic carbocycles. The van der Waals surface area contributed by atoms with Gasteiger partial charge in [-0.05, 0) is 12.0 Å². The van der Waals surface area contributed by atoms with Gasteiger partial charge in [-0.15, -0.1) is 0 Å². The second-order valence-corrected chi connectivity index (χ2v) is 5.40. The molecule has 2 atom stereocenters. The summed E-state index contributed by atoms with van der Waals surface area (Å²) in [5.41, 5.74) is 1.56. The average molecular weight is 278 g/mol. The summed E-state index contributed by atoms with van der Waals surface area (Å²) in [6.07, 6.45) is 6.20. The largest absolute Gasteiger partial charge is 0.390 e. The lowest BCUT2D eigenvalue weighted by molar-refractivity contribution is 0.0137. The van der Waals surface area contributed by atoms with Gasteiger partial charge < -0.3 is 10.2 Å². The Balaban J connectivity index is 2.29. The van der Waals surface area contributed by atoms with Crippen LogP contribution < -0.4 is 0 Å². The van der Waals surface area contributed by atoms with Crippen LogP contribution in [0.1, 0.15) is 61.4 Å². The number of aliphatic hydroxyl groups excluding tert-OH is 2. The van der Waals surface area contributed by atoms with Crippen LogP contribution in [0.4, 0.5) is 0 Å². The van der Waals surface area contributed by atoms with Crippen molar-refractivity contribution < 1.29 is 15.0 Å². The van der Waals surface area contributed by atoms with E-state index in [2.05, 4.69) is 6.92 Å². The van der Waals surface area contributed by atoms with Crippen molar-refractivity contribution in [2.24, 2.45) is 0 Å². The SMILES string of the molecule is CCCCCCCC(O)C(O)Cc1ccc(C=O)cc1. The Morgan fingerprint density at radius 3 is 2.25 bits per heavy atom. The van der Waals surface area contributed by atoms with Gasteiger partial charge in [-0.2, -0.15) is 0 Å². The number of aldehydes is 1. The van der Waals surface area contributed by atoms with E-state index in [1.165, 1.54) is 19.3 Å². The molecule has 1 rings (SSSR count). The zero-order valence-corrected chi connectivity index (χ0v) is 12.3. The lowest BCUT2D eigenvalue weighted by Gasteiger charge is -2.17. The van der Waals surface area contributed by atoms with E-state index in [-0.39, 0.29) is 0 Å². The molecule has 0 aliphatic rings. The van der Waals surface area contributed by atoms with Crippen LogP contribution in [0.25, 0.3) is 0 Å². The smallest absolute Gasteiger partial charge is 0.150 e. The van der Waals surface area contributed by atoms with E-state index in [0.29, 0.717) is 18.4 Å². The molecule has 0 heterocycles. The molecule has 0 fully saturated rings. The number of aliphatic hydroxyl groups is 2. The third kappa shape index (κ3) is 6.31. The van der Waals surface area contributed by atoms with E-state index in [1.807, 2.05) is 12.1 Å². The van der Waals surface area contributed by atoms with E-state index in [0.717, 1.165) is 24.7 Å². The summed E-state index contributed by atoms with van der Waals surface area (Å²) in [5, 5.41) is 19.9. The Labute approximate surface area is 121 Å². The standard InChI is InChI=1S/C17H26O3/c1-2-3-4-5-6-7-16(19)17(20)12-14-8-10-15(13-18)11-9-14/h8-11,13,16-17,19-20H,2-7,12H2,1H3. The third-order valence-electron chi connectivity index (χ3n) is 3.61. The van der Waals surface area contributed by atoms with Gasteiger partial charge in [0.15, 0.2) is 0 Å². The maximum atomic E-state index is 10.6. The number of hydrogen-bond donors (Lipinski definition) is 2. The molecule has 3 heteroatoms. The molecule has 20 heavy (non-hydrogen) atoms. The van der Waals surface area contributed by atoms with Crippen molar-refractivity contribution in [3.05, 3.63) is 35.4 Å². The number of hydrogen-bond acceptors (Lipinski definition) is 3. The van der Waals surface area contributed by atoms with E-state index >= 15 is 0 Å². The molecule has 1 aromatic rings. The first-order valence-electron chi connectivity index (χ1n) is 7.57. The maximum Gasteiger partial charge on any atom is 0.150 e. The molecule has 0 saturated heterocycles. The lowest BCUT2D eigenvalue weighted by atomic mass is 9.99. The minimum absolute atomic E-state index is 0.426. The van der Waals surface area contributed by atoms with Gasteiger partial charge in [-0.1, -0.05) is 63.3 Å². The van der Waals surface area contributed by atoms with E-state index in [1.54, 1.807) is 12.1 Å². The second kappa shape index (κ2) is 9.67. The zero-order valence-electron chi connectivity index (χ0n) is 12.3. The molecule has 112 valence electrons. The molecule has 0 aromatic heterocycles. The van der Waals surface area contributed by atoms with E-state index in [4.69, 9.17) is 0 Å². The molecule has 2 unspecified atom stereocenters. The molecule has 0 saturated carbocycles. The molecular formula is C17H26O3. The summed E-state index contributed by atoms with van der Waals surface area (Å²) in [5.74, 6) is 0. The number of benzene rings is 1. The van der Waals surface area contributed by atoms with Crippen molar-refractivity contribution in [2.45, 2.75) is 64.1 Å². The quantitative estimate of drug-likeness (QED) is 0.510. The first-order chi connectivity index (χ1) is 9.67. The number of rotatable bonds is 10. The van der Waals surface area contributed by atoms with Gasteiger partial charge in [0.05, 0.1) is 12.2 Å². The normalized spacial score (nSPS) is 13.9. The Kier molecular flexibility index (Phi) is 8.16. The highest BCUT2D eigenvalue weighted by atomic mass is 16.3. The van der Waals surface area contributed by atoms with E-state index in [9.17, 15) is 15.0 Å². The van der Waals surface area contributed by atoms with Crippen LogP contribution in [0.5, 0.6) is 0 Å². The zero-order chi connectivity index (χ0) is 14.8. The minimum atomic E-state index is -0.733. The summed E-state index contributed by atoms with van der Waals surface area (Å²) in [6.45, 7) is 2.18. The van der Waals surface area contributed by atoms with Gasteiger partial charge >= 0.3 is 0 Å². The van der Waals surface area contributed by atoms with Crippen molar-refractivity contribution in [1.29, 1.82) is 0 Å². The fourth-order valence-corrected chi connectivity index (χ4v) is 2.26. The molecule has 0 spiro atoms. The summed E-state index contributed by atoms with van der Waals surface area (Å²) in [4.78, 5) is 10.6. The summed E-state index contributed by atoms with van der Waals surface area (Å²) in [7, 11) is 0. The van der Waals surface area contributed by atoms with Crippen LogP contribution >= 0.6 is 0 Å². The van der Waals surface area contributed by atoms with Crippen LogP contribution in [0, 0.1) is 0 Å². The van der Waals surface area contributed by atoms with Crippen molar-refractivity contribution in [3.8, 4) is 0 Å². The Morgan fingerprint density at radius 1 is 1.00 bits per heavy atom. The summed E-state index contributed by atoms with van der Waals surface area (Å²) < 4.78 is 0. The maximum absolute atomic E-state index is 10.6. The van der Waals surface area contributed by atoms with Crippen LogP contribution in [0.2, 0.25) is 0 Å². The molecule has 0 amide bonds. The first-order valence-corrected chi connectivity index (χ1v) is 7.57. The van der Waals surface area contributed by atoms with Crippen LogP contribution in [-0.2, 0) is 6.42 Å². The van der Waals surface area contributed by atoms with Crippen molar-refractivity contribution in [3.63, 3.8) is 0 Å². The number of carbonyl (C=O) groups excluding carboxylic acids is 1. The number of carbonyl (C=O) groups is 1. The van der Waals surface area contributed by atoms with E-state index < -0.39 is 12.2 Å². The molecule has 0 aliphatic heterocycles. The third-order valence-corrected chi connectivity index (χ3v) is 3.61. The van der Waals surface area contributed by atoms with Gasteiger partial charge in [-0.3, -0.25) is 4.79 Å². The van der Waals surface area contributed by atoms with Gasteiger partial charge in [0, 0.05) is 12.0 Å². The summed E-state index contributed by atoms with van der Waals surface area (Å²) >= 11 is 0. The molecule has 3 nitrogen and oxygen atoms in total. The van der Waals surface area contributed by atoms with Gasteiger partial charge in [0.1, 0.15) is 6.29 Å². The fraction of sp³-hybridized carbons (Fsp3) is 0.588. The lowest BCUT2D eigenvalue weighted by Crippen LogP contribution is -2.27. The predicted octanol–water partition coefficient (Wildman–Crippen LogP) is 3.12. The molecule has 0 radical (unpaired) electrons. The molecule has 1 aromatic carbocycles. The van der Waals surface area contributed by atoms with Gasteiger partial charge in [0.25, 0.3) is 0 Å². The molecular weight excluding hydrogens is 252 g/mol. The summed E-state index contributed by atoms with van der Waals surface area (Å²) in [6, 6.07) is 7.10. The Morgan fingerprint density at radius 2 is 1.65 bits per heavy atom. The predicted molar refractivity (Wildman–Crippen MR) is 80.9 cm³/mol. The number of unbranched alkanes of at least 4 members (excludes halogenated alkanes) is 4. The van der Waals surface area contributed by atoms with Crippen molar-refractivity contribution >= 4 is 6.29 Å². The highest BCUT2D eigenvalue weighted by Crippen LogP contribution is 2.13.